The Bertz CT molecular complexity index is 2060. The molecule has 5 aromatic carbocycles. The number of nitrogens with one attached hydrogen (secondary N) is 1. The number of benzene rings is 5. The van der Waals surface area contributed by atoms with Crippen LogP contribution in [0.25, 0.3) is 33.1 Å². The van der Waals surface area contributed by atoms with Crippen molar-refractivity contribution in [2.24, 2.45) is 0 Å². The van der Waals surface area contributed by atoms with Gasteiger partial charge in [0.25, 0.3) is 0 Å². The van der Waals surface area contributed by atoms with E-state index in [9.17, 15) is 8.42 Å². The van der Waals surface area contributed by atoms with Gasteiger partial charge in [0.15, 0.2) is 0 Å². The predicted octanol–water partition coefficient (Wildman–Crippen LogP) is 7.83. The molecule has 0 saturated heterocycles. The van der Waals surface area contributed by atoms with Crippen LogP contribution in [-0.2, 0) is 22.9 Å². The number of sulfonamides is 1. The summed E-state index contributed by atoms with van der Waals surface area (Å²) in [7, 11) is -2.27. The number of hydrogen-bond acceptors (Lipinski definition) is 4. The minimum absolute atomic E-state index is 0.237. The van der Waals surface area contributed by atoms with Crippen molar-refractivity contribution in [1.82, 2.24) is 4.72 Å². The third kappa shape index (κ3) is 4.19. The zero-order valence-corrected chi connectivity index (χ0v) is 24.6. The number of nitrogens with zero attached hydrogens (tertiary/aromatic N) is 2. The SMILES string of the molecule is CNS(=O)(=O)c1ccccc1-c1c2ccc(N3CCc4ccccc43)cc2[o+]c2cc(N3CCc4ccccc43)ccc12. The lowest BCUT2D eigenvalue weighted by Crippen LogP contribution is -2.19. The van der Waals surface area contributed by atoms with Gasteiger partial charge < -0.3 is 9.80 Å². The molecule has 0 radical (unpaired) electrons. The topological polar surface area (TPSA) is 64.0 Å². The second-order valence-corrected chi connectivity index (χ2v) is 13.0. The van der Waals surface area contributed by atoms with Crippen molar-refractivity contribution in [2.75, 3.05) is 29.9 Å². The first-order chi connectivity index (χ1) is 21.0. The summed E-state index contributed by atoms with van der Waals surface area (Å²) in [6, 6.07) is 36.7. The van der Waals surface area contributed by atoms with Gasteiger partial charge in [0.05, 0.1) is 39.2 Å². The molecule has 2 aliphatic rings. The minimum atomic E-state index is -3.72. The lowest BCUT2D eigenvalue weighted by molar-refractivity contribution is 0.588. The predicted molar refractivity (Wildman–Crippen MR) is 174 cm³/mol. The Morgan fingerprint density at radius 2 is 1.16 bits per heavy atom. The van der Waals surface area contributed by atoms with Crippen LogP contribution < -0.4 is 14.5 Å². The van der Waals surface area contributed by atoms with E-state index in [-0.39, 0.29) is 4.90 Å². The van der Waals surface area contributed by atoms with Gasteiger partial charge in [-0.15, -0.1) is 0 Å². The fraction of sp³-hybridized carbons (Fsp3) is 0.139. The second-order valence-electron chi connectivity index (χ2n) is 11.1. The summed E-state index contributed by atoms with van der Waals surface area (Å²) in [5, 5.41) is 1.73. The Balaban J connectivity index is 1.37. The molecular weight excluding hydrogens is 554 g/mol. The van der Waals surface area contributed by atoms with Crippen molar-refractivity contribution in [3.8, 4) is 11.1 Å². The molecule has 0 atom stereocenters. The highest BCUT2D eigenvalue weighted by Crippen LogP contribution is 2.44. The summed E-state index contributed by atoms with van der Waals surface area (Å²) in [5.74, 6) is 0. The van der Waals surface area contributed by atoms with Crippen LogP contribution in [0.4, 0.5) is 22.7 Å². The molecule has 6 aromatic rings. The molecular formula is C36H30N3O3S+. The highest BCUT2D eigenvalue weighted by atomic mass is 32.2. The van der Waals surface area contributed by atoms with E-state index in [4.69, 9.17) is 4.42 Å². The third-order valence-electron chi connectivity index (χ3n) is 8.80. The first-order valence-corrected chi connectivity index (χ1v) is 16.1. The zero-order valence-electron chi connectivity index (χ0n) is 23.7. The van der Waals surface area contributed by atoms with Gasteiger partial charge in [-0.1, -0.05) is 54.6 Å². The molecule has 0 amide bonds. The van der Waals surface area contributed by atoms with E-state index in [0.717, 1.165) is 53.6 Å². The monoisotopic (exact) mass is 584 g/mol. The van der Waals surface area contributed by atoms with Crippen molar-refractivity contribution >= 4 is 54.7 Å². The molecule has 2 aliphatic heterocycles. The van der Waals surface area contributed by atoms with Crippen LogP contribution in [0.15, 0.2) is 119 Å². The second kappa shape index (κ2) is 9.93. The highest BCUT2D eigenvalue weighted by Gasteiger charge is 2.29. The molecule has 0 spiro atoms. The van der Waals surface area contributed by atoms with Crippen molar-refractivity contribution in [2.45, 2.75) is 17.7 Å². The van der Waals surface area contributed by atoms with E-state index in [1.165, 1.54) is 29.5 Å². The van der Waals surface area contributed by atoms with E-state index < -0.39 is 10.0 Å². The molecule has 8 rings (SSSR count). The largest absolute Gasteiger partial charge is 0.363 e. The van der Waals surface area contributed by atoms with Gasteiger partial charge in [-0.3, -0.25) is 0 Å². The summed E-state index contributed by atoms with van der Waals surface area (Å²) < 4.78 is 35.6. The lowest BCUT2D eigenvalue weighted by Gasteiger charge is -2.20. The average Bonchev–Trinajstić information content (AvgIpc) is 3.68. The molecule has 0 fully saturated rings. The molecule has 1 N–H and O–H groups in total. The van der Waals surface area contributed by atoms with Gasteiger partial charge in [0, 0.05) is 35.6 Å². The summed E-state index contributed by atoms with van der Waals surface area (Å²) in [6.07, 6.45) is 1.98. The van der Waals surface area contributed by atoms with Gasteiger partial charge in [-0.05, 0) is 73.5 Å². The van der Waals surface area contributed by atoms with E-state index in [1.54, 1.807) is 12.1 Å². The smallest absolute Gasteiger partial charge is 0.341 e. The molecule has 0 unspecified atom stereocenters. The Hall–Kier alpha value is -4.72. The van der Waals surface area contributed by atoms with Crippen molar-refractivity contribution < 1.29 is 12.8 Å². The third-order valence-corrected chi connectivity index (χ3v) is 10.3. The number of anilines is 4. The van der Waals surface area contributed by atoms with Gasteiger partial charge >= 0.3 is 11.2 Å². The van der Waals surface area contributed by atoms with Crippen LogP contribution >= 0.6 is 0 Å². The molecule has 6 nitrogen and oxygen atoms in total. The van der Waals surface area contributed by atoms with Crippen molar-refractivity contribution in [3.05, 3.63) is 120 Å². The van der Waals surface area contributed by atoms with Crippen LogP contribution in [0.1, 0.15) is 11.1 Å². The Labute approximate surface area is 250 Å². The van der Waals surface area contributed by atoms with E-state index in [1.807, 2.05) is 12.1 Å². The number of hydrogen-bond donors (Lipinski definition) is 1. The summed E-state index contributed by atoms with van der Waals surface area (Å²) in [6.45, 7) is 1.79. The van der Waals surface area contributed by atoms with E-state index >= 15 is 0 Å². The van der Waals surface area contributed by atoms with E-state index in [2.05, 4.69) is 99.5 Å². The summed E-state index contributed by atoms with van der Waals surface area (Å²) in [5.41, 5.74) is 10.1. The van der Waals surface area contributed by atoms with Crippen LogP contribution in [0.2, 0.25) is 0 Å². The molecule has 0 saturated carbocycles. The molecule has 3 heterocycles. The normalized spacial score (nSPS) is 14.4. The van der Waals surface area contributed by atoms with Gasteiger partial charge in [-0.2, -0.15) is 0 Å². The van der Waals surface area contributed by atoms with Crippen LogP contribution in [0.5, 0.6) is 0 Å². The number of fused-ring (bicyclic) bond motifs is 4. The fourth-order valence-electron chi connectivity index (χ4n) is 6.72. The Kier molecular flexibility index (Phi) is 6.00. The Morgan fingerprint density at radius 3 is 1.72 bits per heavy atom. The van der Waals surface area contributed by atoms with Gasteiger partial charge in [0.2, 0.25) is 10.0 Å². The van der Waals surface area contributed by atoms with Gasteiger partial charge in [0.1, 0.15) is 0 Å². The maximum Gasteiger partial charge on any atom is 0.363 e. The number of rotatable bonds is 5. The first-order valence-electron chi connectivity index (χ1n) is 14.6. The quantitative estimate of drug-likeness (QED) is 0.165. The fourth-order valence-corrected chi connectivity index (χ4v) is 7.66. The maximum absolute atomic E-state index is 13.2. The standard InChI is InChI=1S/C36H30N3O3S/c1-37-43(40,41)35-13-7-4-10-30(35)36-28-16-14-26(38-20-18-24-8-2-5-11-31(24)38)22-33(28)42-34-23-27(15-17-29(34)36)39-21-19-25-9-3-6-12-32(25)39/h2-17,22-23,37H,18-21H2,1H3/q+1. The van der Waals surface area contributed by atoms with Crippen molar-refractivity contribution in [3.63, 3.8) is 0 Å². The minimum Gasteiger partial charge on any atom is -0.341 e. The van der Waals surface area contributed by atoms with Gasteiger partial charge in [-0.25, -0.2) is 17.6 Å². The summed E-state index contributed by atoms with van der Waals surface area (Å²) >= 11 is 0. The molecule has 7 heteroatoms. The highest BCUT2D eigenvalue weighted by molar-refractivity contribution is 7.89. The number of para-hydroxylation sites is 2. The molecule has 1 aromatic heterocycles. The first kappa shape index (κ1) is 25.9. The van der Waals surface area contributed by atoms with E-state index in [0.29, 0.717) is 16.7 Å². The Morgan fingerprint density at radius 1 is 0.651 bits per heavy atom. The summed E-state index contributed by atoms with van der Waals surface area (Å²) in [4.78, 5) is 4.89. The molecule has 212 valence electrons. The van der Waals surface area contributed by atoms with Crippen molar-refractivity contribution in [1.29, 1.82) is 0 Å². The molecule has 0 bridgehead atoms. The van der Waals surface area contributed by atoms with Crippen LogP contribution in [0, 0.1) is 0 Å². The lowest BCUT2D eigenvalue weighted by atomic mass is 9.96. The van der Waals surface area contributed by atoms with Crippen LogP contribution in [-0.4, -0.2) is 28.6 Å². The zero-order chi connectivity index (χ0) is 29.1. The van der Waals surface area contributed by atoms with Crippen LogP contribution in [0.3, 0.4) is 0 Å². The maximum atomic E-state index is 13.2. The molecule has 0 aliphatic carbocycles. The molecule has 43 heavy (non-hydrogen) atoms. The average molecular weight is 585 g/mol.